The normalized spacial score (nSPS) is 18.0. The highest BCUT2D eigenvalue weighted by Gasteiger charge is 2.28. The van der Waals surface area contributed by atoms with Crippen molar-refractivity contribution in [1.82, 2.24) is 19.9 Å². The van der Waals surface area contributed by atoms with Crippen LogP contribution in [-0.4, -0.2) is 38.8 Å². The van der Waals surface area contributed by atoms with E-state index in [1.165, 1.54) is 0 Å². The Morgan fingerprint density at radius 2 is 2.22 bits per heavy atom. The summed E-state index contributed by atoms with van der Waals surface area (Å²) in [5.74, 6) is 1.01. The second-order valence-electron chi connectivity index (χ2n) is 7.23. The molecule has 1 aliphatic rings. The summed E-state index contributed by atoms with van der Waals surface area (Å²) in [5.41, 5.74) is 2.23. The average Bonchev–Trinajstić information content (AvgIpc) is 3.26. The van der Waals surface area contributed by atoms with Crippen molar-refractivity contribution in [3.63, 3.8) is 0 Å². The molecular weight excluding hydrogens is 358 g/mol. The van der Waals surface area contributed by atoms with Gasteiger partial charge < -0.3 is 10.2 Å². The number of nitrogens with zero attached hydrogens (tertiary/aromatic N) is 4. The predicted molar refractivity (Wildman–Crippen MR) is 108 cm³/mol. The van der Waals surface area contributed by atoms with E-state index in [1.807, 2.05) is 43.0 Å². The van der Waals surface area contributed by atoms with E-state index < -0.39 is 0 Å². The van der Waals surface area contributed by atoms with E-state index in [1.54, 1.807) is 17.5 Å². The third kappa shape index (κ3) is 3.64. The van der Waals surface area contributed by atoms with Crippen LogP contribution in [0.5, 0.6) is 0 Å². The fraction of sp³-hybridized carbons (Fsp3) is 0.400. The fourth-order valence-corrected chi connectivity index (χ4v) is 4.36. The van der Waals surface area contributed by atoms with Crippen molar-refractivity contribution in [3.05, 3.63) is 46.7 Å². The first-order valence-corrected chi connectivity index (χ1v) is 10.1. The summed E-state index contributed by atoms with van der Waals surface area (Å²) < 4.78 is 0.869. The number of aromatic nitrogens is 3. The molecule has 0 radical (unpaired) electrons. The zero-order valence-corrected chi connectivity index (χ0v) is 16.6. The molecule has 4 rings (SSSR count). The summed E-state index contributed by atoms with van der Waals surface area (Å²) in [5, 5.41) is 3.30. The van der Waals surface area contributed by atoms with Crippen molar-refractivity contribution in [2.24, 2.45) is 5.92 Å². The Morgan fingerprint density at radius 3 is 2.93 bits per heavy atom. The van der Waals surface area contributed by atoms with Gasteiger partial charge in [0.25, 0.3) is 5.91 Å². The minimum Gasteiger partial charge on any atom is -0.346 e. The third-order valence-corrected chi connectivity index (χ3v) is 5.93. The molecule has 1 saturated heterocycles. The molecule has 1 amide bonds. The lowest BCUT2D eigenvalue weighted by molar-refractivity contribution is 0.0784. The molecule has 1 fully saturated rings. The molecule has 0 saturated carbocycles. The first-order chi connectivity index (χ1) is 13.0. The van der Waals surface area contributed by atoms with Gasteiger partial charge in [-0.3, -0.25) is 9.78 Å². The van der Waals surface area contributed by atoms with Crippen LogP contribution in [0.1, 0.15) is 47.4 Å². The Kier molecular flexibility index (Phi) is 4.78. The van der Waals surface area contributed by atoms with Gasteiger partial charge in [-0.15, -0.1) is 11.3 Å². The Hall–Kier alpha value is -2.54. The lowest BCUT2D eigenvalue weighted by Crippen LogP contribution is -2.29. The second kappa shape index (κ2) is 7.23. The third-order valence-electron chi connectivity index (χ3n) is 4.89. The van der Waals surface area contributed by atoms with Gasteiger partial charge in [-0.25, -0.2) is 9.97 Å². The molecule has 3 aromatic heterocycles. The van der Waals surface area contributed by atoms with Gasteiger partial charge in [0.05, 0.1) is 22.0 Å². The molecule has 0 spiro atoms. The van der Waals surface area contributed by atoms with Crippen molar-refractivity contribution >= 4 is 33.4 Å². The van der Waals surface area contributed by atoms with Crippen LogP contribution in [0.2, 0.25) is 0 Å². The van der Waals surface area contributed by atoms with E-state index in [0.29, 0.717) is 17.6 Å². The van der Waals surface area contributed by atoms with Crippen molar-refractivity contribution in [2.75, 3.05) is 18.4 Å². The summed E-state index contributed by atoms with van der Waals surface area (Å²) >= 11 is 1.58. The van der Waals surface area contributed by atoms with Gasteiger partial charge in [0.1, 0.15) is 0 Å². The van der Waals surface area contributed by atoms with E-state index >= 15 is 0 Å². The van der Waals surface area contributed by atoms with Gasteiger partial charge in [-0.1, -0.05) is 13.0 Å². The summed E-state index contributed by atoms with van der Waals surface area (Å²) in [6.45, 7) is 7.81. The Bertz CT molecular complexity index is 971. The van der Waals surface area contributed by atoms with E-state index in [4.69, 9.17) is 0 Å². The molecule has 6 nitrogen and oxygen atoms in total. The number of pyridine rings is 1. The highest BCUT2D eigenvalue weighted by molar-refractivity contribution is 7.19. The number of likely N-dealkylation sites (tertiary alicyclic amines) is 1. The first kappa shape index (κ1) is 17.9. The Labute approximate surface area is 162 Å². The molecule has 0 unspecified atom stereocenters. The lowest BCUT2D eigenvalue weighted by Gasteiger charge is -2.17. The Balaban J connectivity index is 1.69. The molecule has 7 heteroatoms. The molecule has 0 aliphatic carbocycles. The van der Waals surface area contributed by atoms with Crippen LogP contribution in [-0.2, 0) is 0 Å². The number of carbonyl (C=O) groups excluding carboxylic acids is 1. The summed E-state index contributed by atoms with van der Waals surface area (Å²) in [6.07, 6.45) is 2.81. The highest BCUT2D eigenvalue weighted by atomic mass is 32.1. The number of fused-ring (bicyclic) bond motifs is 1. The molecule has 27 heavy (non-hydrogen) atoms. The minimum absolute atomic E-state index is 0.00198. The number of carbonyl (C=O) groups is 1. The van der Waals surface area contributed by atoms with Gasteiger partial charge in [0, 0.05) is 24.2 Å². The number of aryl methyl sites for hydroxylation is 1. The van der Waals surface area contributed by atoms with Crippen LogP contribution >= 0.6 is 11.3 Å². The summed E-state index contributed by atoms with van der Waals surface area (Å²) in [7, 11) is 0. The average molecular weight is 382 g/mol. The molecule has 4 heterocycles. The van der Waals surface area contributed by atoms with E-state index in [0.717, 1.165) is 40.3 Å². The zero-order valence-electron chi connectivity index (χ0n) is 15.8. The molecule has 3 aromatic rings. The maximum atomic E-state index is 13.1. The van der Waals surface area contributed by atoms with E-state index in [2.05, 4.69) is 27.2 Å². The highest BCUT2D eigenvalue weighted by Crippen LogP contribution is 2.30. The number of amides is 1. The Morgan fingerprint density at radius 1 is 1.37 bits per heavy atom. The van der Waals surface area contributed by atoms with Crippen LogP contribution in [0.3, 0.4) is 0 Å². The van der Waals surface area contributed by atoms with Crippen LogP contribution in [0.4, 0.5) is 5.95 Å². The number of rotatable bonds is 4. The fourth-order valence-electron chi connectivity index (χ4n) is 3.43. The molecule has 0 aromatic carbocycles. The largest absolute Gasteiger partial charge is 0.346 e. The maximum Gasteiger partial charge on any atom is 0.274 e. The standard InChI is InChI=1S/C20H23N5OS/c1-12-7-9-25(11-12)19(26)17-18-16(10-13(2)27-18)23-20(24-17)22-14(3)15-6-4-5-8-21-15/h4-6,8,10,12,14H,7,9,11H2,1-3H3,(H,22,23,24)/t12-,14+/m1/s1. The van der Waals surface area contributed by atoms with Crippen molar-refractivity contribution in [2.45, 2.75) is 33.2 Å². The smallest absolute Gasteiger partial charge is 0.274 e. The minimum atomic E-state index is -0.0573. The van der Waals surface area contributed by atoms with Crippen LogP contribution in [0.25, 0.3) is 10.2 Å². The molecule has 2 atom stereocenters. The van der Waals surface area contributed by atoms with Crippen molar-refractivity contribution in [3.8, 4) is 0 Å². The number of hydrogen-bond acceptors (Lipinski definition) is 6. The number of anilines is 1. The SMILES string of the molecule is Cc1cc2nc(N[C@@H](C)c3ccccn3)nc(C(=O)N3CC[C@@H](C)C3)c2s1. The molecule has 1 aliphatic heterocycles. The summed E-state index contributed by atoms with van der Waals surface area (Å²) in [6, 6.07) is 7.76. The van der Waals surface area contributed by atoms with Crippen LogP contribution in [0.15, 0.2) is 30.5 Å². The number of nitrogens with one attached hydrogen (secondary N) is 1. The molecule has 0 bridgehead atoms. The predicted octanol–water partition coefficient (Wildman–Crippen LogP) is 4.05. The zero-order chi connectivity index (χ0) is 19.0. The first-order valence-electron chi connectivity index (χ1n) is 9.26. The second-order valence-corrected chi connectivity index (χ2v) is 8.49. The quantitative estimate of drug-likeness (QED) is 0.738. The van der Waals surface area contributed by atoms with Gasteiger partial charge in [0.15, 0.2) is 5.69 Å². The van der Waals surface area contributed by atoms with Crippen LogP contribution < -0.4 is 5.32 Å². The number of thiophene rings is 1. The van der Waals surface area contributed by atoms with E-state index in [9.17, 15) is 4.79 Å². The van der Waals surface area contributed by atoms with Crippen molar-refractivity contribution in [1.29, 1.82) is 0 Å². The number of hydrogen-bond donors (Lipinski definition) is 1. The summed E-state index contributed by atoms with van der Waals surface area (Å²) in [4.78, 5) is 29.8. The maximum absolute atomic E-state index is 13.1. The van der Waals surface area contributed by atoms with E-state index in [-0.39, 0.29) is 11.9 Å². The molecule has 140 valence electrons. The van der Waals surface area contributed by atoms with Crippen LogP contribution in [0, 0.1) is 12.8 Å². The monoisotopic (exact) mass is 381 g/mol. The topological polar surface area (TPSA) is 71.0 Å². The van der Waals surface area contributed by atoms with Crippen molar-refractivity contribution < 1.29 is 4.79 Å². The molecule has 1 N–H and O–H groups in total. The lowest BCUT2D eigenvalue weighted by atomic mass is 10.2. The van der Waals surface area contributed by atoms with Gasteiger partial charge in [-0.05, 0) is 44.4 Å². The molecular formula is C20H23N5OS. The van der Waals surface area contributed by atoms with Gasteiger partial charge in [0.2, 0.25) is 5.95 Å². The van der Waals surface area contributed by atoms with Gasteiger partial charge in [-0.2, -0.15) is 0 Å². The van der Waals surface area contributed by atoms with Gasteiger partial charge >= 0.3 is 0 Å².